The number of nitrogens with zero attached hydrogens (tertiary/aromatic N) is 1. The van der Waals surface area contributed by atoms with Crippen molar-refractivity contribution in [2.75, 3.05) is 39.4 Å². The van der Waals surface area contributed by atoms with E-state index < -0.39 is 0 Å². The predicted molar refractivity (Wildman–Crippen MR) is 73.9 cm³/mol. The summed E-state index contributed by atoms with van der Waals surface area (Å²) < 4.78 is 5.39. The normalized spacial score (nSPS) is 22.4. The first-order valence-electron chi connectivity index (χ1n) is 6.92. The largest absolute Gasteiger partial charge is 0.380 e. The number of rotatable bonds is 7. The quantitative estimate of drug-likeness (QED) is 0.710. The summed E-state index contributed by atoms with van der Waals surface area (Å²) in [6.45, 7) is 8.68. The number of likely N-dealkylation sites (tertiary alicyclic amines) is 1. The maximum Gasteiger partial charge on any atom is 0.0593 e. The Morgan fingerprint density at radius 2 is 1.88 bits per heavy atom. The third-order valence-electron chi connectivity index (χ3n) is 3.74. The fraction of sp³-hybridized carbons (Fsp3) is 1.00. The van der Waals surface area contributed by atoms with E-state index >= 15 is 0 Å². The lowest BCUT2D eigenvalue weighted by Gasteiger charge is -2.32. The van der Waals surface area contributed by atoms with E-state index in [0.29, 0.717) is 0 Å². The van der Waals surface area contributed by atoms with Crippen LogP contribution in [-0.2, 0) is 4.74 Å². The summed E-state index contributed by atoms with van der Waals surface area (Å²) in [5.41, 5.74) is 0. The molecule has 0 spiro atoms. The van der Waals surface area contributed by atoms with Gasteiger partial charge in [0.25, 0.3) is 0 Å². The van der Waals surface area contributed by atoms with Gasteiger partial charge in [0.1, 0.15) is 0 Å². The summed E-state index contributed by atoms with van der Waals surface area (Å²) in [5.74, 6) is 1.01. The van der Waals surface area contributed by atoms with E-state index in [4.69, 9.17) is 4.74 Å². The van der Waals surface area contributed by atoms with Crippen molar-refractivity contribution < 1.29 is 4.74 Å². The Balaban J connectivity index is 0.00000144. The highest BCUT2D eigenvalue weighted by molar-refractivity contribution is 5.85. The van der Waals surface area contributed by atoms with Gasteiger partial charge in [0.2, 0.25) is 0 Å². The van der Waals surface area contributed by atoms with Crippen LogP contribution >= 0.6 is 12.4 Å². The van der Waals surface area contributed by atoms with Crippen molar-refractivity contribution in [3.05, 3.63) is 0 Å². The van der Waals surface area contributed by atoms with Gasteiger partial charge in [0.05, 0.1) is 6.61 Å². The maximum absolute atomic E-state index is 5.39. The highest BCUT2D eigenvalue weighted by Crippen LogP contribution is 2.28. The van der Waals surface area contributed by atoms with Crippen molar-refractivity contribution in [1.82, 2.24) is 10.2 Å². The van der Waals surface area contributed by atoms with E-state index in [1.807, 2.05) is 0 Å². The first-order chi connectivity index (χ1) is 7.88. The van der Waals surface area contributed by atoms with Crippen LogP contribution in [0.3, 0.4) is 0 Å². The highest BCUT2D eigenvalue weighted by Gasteiger charge is 2.24. The molecule has 17 heavy (non-hydrogen) atoms. The molecule has 1 saturated heterocycles. The molecule has 0 aromatic rings. The second kappa shape index (κ2) is 8.30. The molecule has 1 heterocycles. The van der Waals surface area contributed by atoms with Crippen LogP contribution in [0.2, 0.25) is 0 Å². The minimum atomic E-state index is 0. The molecule has 2 rings (SSSR count). The van der Waals surface area contributed by atoms with Crippen LogP contribution in [0.15, 0.2) is 0 Å². The van der Waals surface area contributed by atoms with Gasteiger partial charge in [-0.2, -0.15) is 0 Å². The number of piperidine rings is 1. The van der Waals surface area contributed by atoms with Crippen LogP contribution in [0, 0.1) is 5.92 Å². The number of hydrogen-bond acceptors (Lipinski definition) is 3. The van der Waals surface area contributed by atoms with Crippen LogP contribution < -0.4 is 5.32 Å². The first kappa shape index (κ1) is 15.2. The minimum Gasteiger partial charge on any atom is -0.380 e. The molecule has 2 aliphatic rings. The van der Waals surface area contributed by atoms with Gasteiger partial charge >= 0.3 is 0 Å². The predicted octanol–water partition coefficient (Wildman–Crippen LogP) is 1.91. The molecule has 102 valence electrons. The van der Waals surface area contributed by atoms with E-state index in [0.717, 1.165) is 31.7 Å². The molecular formula is C13H27ClN2O. The number of nitrogens with one attached hydrogen (secondary N) is 1. The van der Waals surface area contributed by atoms with E-state index in [2.05, 4.69) is 17.1 Å². The zero-order chi connectivity index (χ0) is 11.2. The zero-order valence-corrected chi connectivity index (χ0v) is 11.8. The minimum absolute atomic E-state index is 0. The Morgan fingerprint density at radius 3 is 2.47 bits per heavy atom. The number of halogens is 1. The maximum atomic E-state index is 5.39. The molecule has 0 unspecified atom stereocenters. The van der Waals surface area contributed by atoms with Crippen molar-refractivity contribution in [3.63, 3.8) is 0 Å². The average Bonchev–Trinajstić information content (AvgIpc) is 3.12. The van der Waals surface area contributed by atoms with Crippen molar-refractivity contribution in [2.24, 2.45) is 5.92 Å². The van der Waals surface area contributed by atoms with Crippen LogP contribution in [0.1, 0.15) is 32.6 Å². The molecule has 0 atom stereocenters. The van der Waals surface area contributed by atoms with Crippen molar-refractivity contribution >= 4 is 12.4 Å². The fourth-order valence-electron chi connectivity index (χ4n) is 2.35. The summed E-state index contributed by atoms with van der Waals surface area (Å²) in [5, 5.41) is 3.71. The van der Waals surface area contributed by atoms with Crippen LogP contribution in [0.4, 0.5) is 0 Å². The third kappa shape index (κ3) is 6.05. The summed E-state index contributed by atoms with van der Waals surface area (Å²) in [6.07, 6.45) is 5.55. The van der Waals surface area contributed by atoms with Crippen molar-refractivity contribution in [1.29, 1.82) is 0 Å². The second-order valence-electron chi connectivity index (χ2n) is 5.16. The summed E-state index contributed by atoms with van der Waals surface area (Å²) in [4.78, 5) is 2.53. The monoisotopic (exact) mass is 262 g/mol. The van der Waals surface area contributed by atoms with Crippen LogP contribution in [0.5, 0.6) is 0 Å². The number of hydrogen-bond donors (Lipinski definition) is 1. The van der Waals surface area contributed by atoms with Crippen LogP contribution in [0.25, 0.3) is 0 Å². The Hall–Kier alpha value is 0.170. The molecule has 0 amide bonds. The molecular weight excluding hydrogens is 236 g/mol. The van der Waals surface area contributed by atoms with Gasteiger partial charge in [-0.1, -0.05) is 0 Å². The van der Waals surface area contributed by atoms with Crippen molar-refractivity contribution in [2.45, 2.75) is 38.6 Å². The van der Waals surface area contributed by atoms with Gasteiger partial charge in [-0.25, -0.2) is 0 Å². The first-order valence-corrected chi connectivity index (χ1v) is 6.92. The molecule has 4 heteroatoms. The molecule has 0 aromatic carbocycles. The molecule has 2 fully saturated rings. The molecule has 0 aromatic heterocycles. The second-order valence-corrected chi connectivity index (χ2v) is 5.16. The fourth-order valence-corrected chi connectivity index (χ4v) is 2.35. The molecule has 1 aliphatic heterocycles. The molecule has 1 aliphatic carbocycles. The topological polar surface area (TPSA) is 24.5 Å². The molecule has 1 saturated carbocycles. The van der Waals surface area contributed by atoms with Gasteiger partial charge < -0.3 is 15.0 Å². The van der Waals surface area contributed by atoms with Crippen LogP contribution in [-0.4, -0.2) is 50.3 Å². The Morgan fingerprint density at radius 1 is 1.18 bits per heavy atom. The van der Waals surface area contributed by atoms with Crippen molar-refractivity contribution in [3.8, 4) is 0 Å². The smallest absolute Gasteiger partial charge is 0.0593 e. The number of ether oxygens (including phenoxy) is 1. The van der Waals surface area contributed by atoms with Gasteiger partial charge in [-0.15, -0.1) is 12.4 Å². The average molecular weight is 263 g/mol. The third-order valence-corrected chi connectivity index (χ3v) is 3.74. The summed E-state index contributed by atoms with van der Waals surface area (Å²) >= 11 is 0. The molecule has 0 bridgehead atoms. The summed E-state index contributed by atoms with van der Waals surface area (Å²) in [7, 11) is 0. The van der Waals surface area contributed by atoms with E-state index in [1.54, 1.807) is 0 Å². The SMILES string of the molecule is CCOCCN1CCC(NCC2CC2)CC1.Cl. The van der Waals surface area contributed by atoms with E-state index in [9.17, 15) is 0 Å². The Labute approximate surface area is 112 Å². The lowest BCUT2D eigenvalue weighted by Crippen LogP contribution is -2.44. The standard InChI is InChI=1S/C13H26N2O.ClH/c1-2-16-10-9-15-7-5-13(6-8-15)14-11-12-3-4-12;/h12-14H,2-11H2,1H3;1H. The molecule has 3 nitrogen and oxygen atoms in total. The lowest BCUT2D eigenvalue weighted by molar-refractivity contribution is 0.0995. The van der Waals surface area contributed by atoms with Gasteiger partial charge in [0, 0.05) is 19.2 Å². The lowest BCUT2D eigenvalue weighted by atomic mass is 10.1. The summed E-state index contributed by atoms with van der Waals surface area (Å²) in [6, 6.07) is 0.781. The van der Waals surface area contributed by atoms with Gasteiger partial charge in [0.15, 0.2) is 0 Å². The van der Waals surface area contributed by atoms with E-state index in [1.165, 1.54) is 45.3 Å². The molecule has 0 radical (unpaired) electrons. The zero-order valence-electron chi connectivity index (χ0n) is 11.0. The Bertz CT molecular complexity index is 192. The van der Waals surface area contributed by atoms with Gasteiger partial charge in [-0.05, 0) is 58.2 Å². The molecule has 1 N–H and O–H groups in total. The highest BCUT2D eigenvalue weighted by atomic mass is 35.5. The van der Waals surface area contributed by atoms with Gasteiger partial charge in [-0.3, -0.25) is 0 Å². The Kier molecular flexibility index (Phi) is 7.44. The van der Waals surface area contributed by atoms with E-state index in [-0.39, 0.29) is 12.4 Å².